The van der Waals surface area contributed by atoms with Gasteiger partial charge in [0.2, 0.25) is 0 Å². The summed E-state index contributed by atoms with van der Waals surface area (Å²) in [6.07, 6.45) is 2.57. The molecule has 6 nitrogen and oxygen atoms in total. The first-order chi connectivity index (χ1) is 9.14. The number of aromatic amines is 1. The molecular formula is C12H15N3O3S. The first kappa shape index (κ1) is 13.7. The highest BCUT2D eigenvalue weighted by Crippen LogP contribution is 2.15. The summed E-state index contributed by atoms with van der Waals surface area (Å²) in [6, 6.07) is 9.23. The second-order valence-electron chi connectivity index (χ2n) is 3.96. The minimum absolute atomic E-state index is 0.0249. The lowest BCUT2D eigenvalue weighted by molar-refractivity contribution is 0.251. The van der Waals surface area contributed by atoms with Crippen LogP contribution >= 0.6 is 0 Å². The van der Waals surface area contributed by atoms with Gasteiger partial charge in [-0.05, 0) is 5.56 Å². The number of aliphatic hydroxyl groups is 1. The van der Waals surface area contributed by atoms with Crippen molar-refractivity contribution in [1.29, 1.82) is 0 Å². The molecule has 1 heterocycles. The molecule has 0 fully saturated rings. The van der Waals surface area contributed by atoms with Crippen LogP contribution in [0.2, 0.25) is 0 Å². The highest BCUT2D eigenvalue weighted by Gasteiger charge is 2.25. The van der Waals surface area contributed by atoms with Crippen LogP contribution in [-0.2, 0) is 16.6 Å². The molecule has 0 saturated carbocycles. The molecule has 2 aromatic rings. The minimum atomic E-state index is -3.66. The number of benzene rings is 1. The predicted octanol–water partition coefficient (Wildman–Crippen LogP) is 0.593. The fraction of sp³-hybridized carbons (Fsp3) is 0.250. The van der Waals surface area contributed by atoms with E-state index in [0.717, 1.165) is 5.56 Å². The van der Waals surface area contributed by atoms with Crippen LogP contribution in [0.3, 0.4) is 0 Å². The number of H-pyrrole nitrogens is 1. The summed E-state index contributed by atoms with van der Waals surface area (Å²) >= 11 is 0. The smallest absolute Gasteiger partial charge is 0.260 e. The highest BCUT2D eigenvalue weighted by atomic mass is 32.2. The average Bonchev–Trinajstić information content (AvgIpc) is 2.94. The van der Waals surface area contributed by atoms with Gasteiger partial charge in [-0.25, -0.2) is 13.4 Å². The van der Waals surface area contributed by atoms with Crippen molar-refractivity contribution in [2.45, 2.75) is 11.6 Å². The van der Waals surface area contributed by atoms with Crippen LogP contribution in [0, 0.1) is 0 Å². The fourth-order valence-electron chi connectivity index (χ4n) is 1.71. The van der Waals surface area contributed by atoms with Gasteiger partial charge < -0.3 is 10.1 Å². The maximum absolute atomic E-state index is 12.3. The molecule has 0 aliphatic carbocycles. The van der Waals surface area contributed by atoms with Crippen LogP contribution in [0.1, 0.15) is 5.56 Å². The maximum atomic E-state index is 12.3. The van der Waals surface area contributed by atoms with Gasteiger partial charge in [0, 0.05) is 13.1 Å². The summed E-state index contributed by atoms with van der Waals surface area (Å²) in [5.74, 6) is 0. The van der Waals surface area contributed by atoms with E-state index in [-0.39, 0.29) is 24.7 Å². The van der Waals surface area contributed by atoms with Gasteiger partial charge in [0.15, 0.2) is 5.03 Å². The van der Waals surface area contributed by atoms with Crippen LogP contribution in [0.4, 0.5) is 0 Å². The van der Waals surface area contributed by atoms with E-state index in [2.05, 4.69) is 9.97 Å². The number of sulfonamides is 1. The highest BCUT2D eigenvalue weighted by molar-refractivity contribution is 7.89. The molecule has 0 spiro atoms. The maximum Gasteiger partial charge on any atom is 0.260 e. The summed E-state index contributed by atoms with van der Waals surface area (Å²) in [6.45, 7) is 0.0131. The Labute approximate surface area is 111 Å². The molecular weight excluding hydrogens is 266 g/mol. The van der Waals surface area contributed by atoms with Gasteiger partial charge in [0.1, 0.15) is 0 Å². The summed E-state index contributed by atoms with van der Waals surface area (Å²) in [5, 5.41) is 9.07. The van der Waals surface area contributed by atoms with Crippen molar-refractivity contribution >= 4 is 10.0 Å². The number of rotatable bonds is 6. The molecule has 0 amide bonds. The molecule has 0 bridgehead atoms. The summed E-state index contributed by atoms with van der Waals surface area (Å²) < 4.78 is 25.9. The van der Waals surface area contributed by atoms with Gasteiger partial charge in [0.05, 0.1) is 19.1 Å². The van der Waals surface area contributed by atoms with E-state index in [9.17, 15) is 8.42 Å². The standard InChI is InChI=1S/C12H15N3O3S/c16-7-6-15(9-11-4-2-1-3-5-11)19(17,18)12-8-13-10-14-12/h1-5,8,10,16H,6-7,9H2,(H,13,14). The number of nitrogens with one attached hydrogen (secondary N) is 1. The number of nitrogens with zero attached hydrogens (tertiary/aromatic N) is 2. The van der Waals surface area contributed by atoms with Gasteiger partial charge in [0.25, 0.3) is 10.0 Å². The third kappa shape index (κ3) is 3.19. The number of aliphatic hydroxyl groups excluding tert-OH is 1. The molecule has 7 heteroatoms. The quantitative estimate of drug-likeness (QED) is 0.811. The monoisotopic (exact) mass is 281 g/mol. The Morgan fingerprint density at radius 2 is 2.00 bits per heavy atom. The molecule has 0 unspecified atom stereocenters. The lowest BCUT2D eigenvalue weighted by Gasteiger charge is -2.20. The van der Waals surface area contributed by atoms with Crippen molar-refractivity contribution in [2.24, 2.45) is 0 Å². The van der Waals surface area contributed by atoms with Crippen LogP contribution in [0.5, 0.6) is 0 Å². The Morgan fingerprint density at radius 3 is 2.58 bits per heavy atom. The largest absolute Gasteiger partial charge is 0.395 e. The van der Waals surface area contributed by atoms with Crippen LogP contribution in [0.15, 0.2) is 47.9 Å². The molecule has 19 heavy (non-hydrogen) atoms. The number of aromatic nitrogens is 2. The molecule has 0 aliphatic heterocycles. The van der Waals surface area contributed by atoms with Crippen molar-refractivity contribution in [2.75, 3.05) is 13.2 Å². The summed E-state index contributed by atoms with van der Waals surface area (Å²) in [4.78, 5) is 6.29. The Kier molecular flexibility index (Phi) is 4.31. The van der Waals surface area contributed by atoms with E-state index in [1.54, 1.807) is 0 Å². The van der Waals surface area contributed by atoms with Crippen LogP contribution in [0.25, 0.3) is 0 Å². The van der Waals surface area contributed by atoms with E-state index < -0.39 is 10.0 Å². The molecule has 0 atom stereocenters. The lowest BCUT2D eigenvalue weighted by Crippen LogP contribution is -2.33. The molecule has 2 rings (SSSR count). The van der Waals surface area contributed by atoms with Gasteiger partial charge in [-0.2, -0.15) is 4.31 Å². The van der Waals surface area contributed by atoms with Crippen LogP contribution < -0.4 is 0 Å². The molecule has 1 aromatic heterocycles. The Morgan fingerprint density at radius 1 is 1.26 bits per heavy atom. The van der Waals surface area contributed by atoms with E-state index >= 15 is 0 Å². The summed E-state index contributed by atoms with van der Waals surface area (Å²) in [7, 11) is -3.66. The Bertz CT molecular complexity index is 596. The molecule has 0 saturated heterocycles. The number of imidazole rings is 1. The molecule has 2 N–H and O–H groups in total. The normalized spacial score (nSPS) is 11.9. The molecule has 0 aliphatic rings. The third-order valence-corrected chi connectivity index (χ3v) is 4.41. The van der Waals surface area contributed by atoms with Crippen molar-refractivity contribution in [3.05, 3.63) is 48.4 Å². The van der Waals surface area contributed by atoms with E-state index in [0.29, 0.717) is 0 Å². The van der Waals surface area contributed by atoms with E-state index in [4.69, 9.17) is 5.11 Å². The third-order valence-electron chi connectivity index (χ3n) is 2.64. The van der Waals surface area contributed by atoms with Gasteiger partial charge in [-0.3, -0.25) is 0 Å². The van der Waals surface area contributed by atoms with Crippen molar-refractivity contribution < 1.29 is 13.5 Å². The Balaban J connectivity index is 2.26. The zero-order valence-electron chi connectivity index (χ0n) is 10.2. The molecule has 1 aromatic carbocycles. The number of hydrogen-bond donors (Lipinski definition) is 2. The second-order valence-corrected chi connectivity index (χ2v) is 5.87. The SMILES string of the molecule is O=S(=O)(c1cnc[nH]1)N(CCO)Cc1ccccc1. The lowest BCUT2D eigenvalue weighted by atomic mass is 10.2. The summed E-state index contributed by atoms with van der Waals surface area (Å²) in [5.41, 5.74) is 0.860. The topological polar surface area (TPSA) is 86.3 Å². The van der Waals surface area contributed by atoms with E-state index in [1.165, 1.54) is 16.8 Å². The molecule has 102 valence electrons. The number of hydrogen-bond acceptors (Lipinski definition) is 4. The first-order valence-electron chi connectivity index (χ1n) is 5.78. The van der Waals surface area contributed by atoms with Crippen LogP contribution in [-0.4, -0.2) is 40.9 Å². The minimum Gasteiger partial charge on any atom is -0.395 e. The van der Waals surface area contributed by atoms with Crippen molar-refractivity contribution in [3.63, 3.8) is 0 Å². The van der Waals surface area contributed by atoms with Gasteiger partial charge in [-0.15, -0.1) is 0 Å². The Hall–Kier alpha value is -1.70. The fourth-order valence-corrected chi connectivity index (χ4v) is 3.02. The van der Waals surface area contributed by atoms with Gasteiger partial charge in [-0.1, -0.05) is 30.3 Å². The zero-order valence-corrected chi connectivity index (χ0v) is 11.0. The van der Waals surface area contributed by atoms with Crippen molar-refractivity contribution in [1.82, 2.24) is 14.3 Å². The van der Waals surface area contributed by atoms with Crippen molar-refractivity contribution in [3.8, 4) is 0 Å². The average molecular weight is 281 g/mol. The van der Waals surface area contributed by atoms with E-state index in [1.807, 2.05) is 30.3 Å². The first-order valence-corrected chi connectivity index (χ1v) is 7.22. The zero-order chi connectivity index (χ0) is 13.7. The predicted molar refractivity (Wildman–Crippen MR) is 69.7 cm³/mol. The molecule has 0 radical (unpaired) electrons. The second kappa shape index (κ2) is 5.96. The van der Waals surface area contributed by atoms with Gasteiger partial charge >= 0.3 is 0 Å².